The quantitative estimate of drug-likeness (QED) is 0.891. The number of halogens is 4. The molecule has 0 spiro atoms. The van der Waals surface area contributed by atoms with Gasteiger partial charge in [0.05, 0.1) is 5.92 Å². The molecule has 0 saturated heterocycles. The summed E-state index contributed by atoms with van der Waals surface area (Å²) in [5.41, 5.74) is 4.86. The van der Waals surface area contributed by atoms with E-state index in [2.05, 4.69) is 5.32 Å². The number of primary amides is 1. The van der Waals surface area contributed by atoms with Crippen molar-refractivity contribution < 1.29 is 18.0 Å². The summed E-state index contributed by atoms with van der Waals surface area (Å²) < 4.78 is 38.2. The van der Waals surface area contributed by atoms with E-state index in [0.717, 1.165) is 0 Å². The van der Waals surface area contributed by atoms with E-state index < -0.39 is 23.5 Å². The second-order valence-corrected chi connectivity index (χ2v) is 5.83. The first-order valence-electron chi connectivity index (χ1n) is 6.63. The van der Waals surface area contributed by atoms with Crippen LogP contribution in [0.2, 0.25) is 5.02 Å². The summed E-state index contributed by atoms with van der Waals surface area (Å²) in [6.45, 7) is 0. The summed E-state index contributed by atoms with van der Waals surface area (Å²) in [5.74, 6) is -2.01. The van der Waals surface area contributed by atoms with Crippen molar-refractivity contribution in [3.63, 3.8) is 0 Å². The zero-order valence-corrected chi connectivity index (χ0v) is 12.0. The summed E-state index contributed by atoms with van der Waals surface area (Å²) in [6, 6.07) is 6.68. The minimum absolute atomic E-state index is 0.0546. The molecule has 1 saturated carbocycles. The van der Waals surface area contributed by atoms with Crippen molar-refractivity contribution in [2.24, 2.45) is 11.7 Å². The summed E-state index contributed by atoms with van der Waals surface area (Å²) in [5, 5.41) is 3.46. The highest BCUT2D eigenvalue weighted by Gasteiger charge is 2.48. The maximum Gasteiger partial charge on any atom is 0.391 e. The predicted molar refractivity (Wildman–Crippen MR) is 75.0 cm³/mol. The molecule has 0 radical (unpaired) electrons. The largest absolute Gasteiger partial charge is 0.391 e. The number of nitrogens with one attached hydrogen (secondary N) is 1. The topological polar surface area (TPSA) is 55.1 Å². The Labute approximate surface area is 125 Å². The van der Waals surface area contributed by atoms with Crippen LogP contribution in [0, 0.1) is 5.92 Å². The molecular formula is C14H16ClF3N2O. The van der Waals surface area contributed by atoms with Gasteiger partial charge >= 0.3 is 6.18 Å². The second-order valence-electron chi connectivity index (χ2n) is 5.40. The van der Waals surface area contributed by atoms with Crippen molar-refractivity contribution >= 4 is 23.2 Å². The third kappa shape index (κ3) is 3.61. The SMILES string of the molecule is NC(=O)C1(Nc2cccc(Cl)c2)CCC(C(F)(F)F)CC1. The lowest BCUT2D eigenvalue weighted by Gasteiger charge is -2.39. The Morgan fingerprint density at radius 1 is 1.33 bits per heavy atom. The fourth-order valence-corrected chi connectivity index (χ4v) is 2.90. The molecule has 0 aromatic heterocycles. The van der Waals surface area contributed by atoms with Gasteiger partial charge in [-0.1, -0.05) is 17.7 Å². The molecule has 1 aliphatic rings. The number of amides is 1. The maximum absolute atomic E-state index is 12.7. The Kier molecular flexibility index (Phi) is 4.37. The number of hydrogen-bond donors (Lipinski definition) is 2. The summed E-state index contributed by atoms with van der Waals surface area (Å²) >= 11 is 5.87. The fraction of sp³-hybridized carbons (Fsp3) is 0.500. The molecule has 1 amide bonds. The van der Waals surface area contributed by atoms with Crippen molar-refractivity contribution in [2.45, 2.75) is 37.4 Å². The van der Waals surface area contributed by atoms with Crippen molar-refractivity contribution in [2.75, 3.05) is 5.32 Å². The Morgan fingerprint density at radius 2 is 1.95 bits per heavy atom. The van der Waals surface area contributed by atoms with E-state index in [4.69, 9.17) is 17.3 Å². The van der Waals surface area contributed by atoms with E-state index in [1.807, 2.05) is 0 Å². The lowest BCUT2D eigenvalue weighted by molar-refractivity contribution is -0.184. The average molecular weight is 321 g/mol. The van der Waals surface area contributed by atoms with E-state index in [1.165, 1.54) is 0 Å². The zero-order valence-electron chi connectivity index (χ0n) is 11.2. The standard InChI is InChI=1S/C14H16ClF3N2O/c15-10-2-1-3-11(8-10)20-13(12(19)21)6-4-9(5-7-13)14(16,17)18/h1-3,8-9,20H,4-7H2,(H2,19,21). The Morgan fingerprint density at radius 3 is 2.43 bits per heavy atom. The van der Waals surface area contributed by atoms with E-state index in [9.17, 15) is 18.0 Å². The highest BCUT2D eigenvalue weighted by molar-refractivity contribution is 6.30. The number of rotatable bonds is 3. The lowest BCUT2D eigenvalue weighted by Crippen LogP contribution is -2.53. The Hall–Kier alpha value is -1.43. The summed E-state index contributed by atoms with van der Waals surface area (Å²) in [6.07, 6.45) is -4.34. The molecule has 0 unspecified atom stereocenters. The first-order chi connectivity index (χ1) is 9.73. The third-order valence-electron chi connectivity index (χ3n) is 3.98. The second kappa shape index (κ2) is 5.75. The van der Waals surface area contributed by atoms with Crippen molar-refractivity contribution in [1.82, 2.24) is 0 Å². The molecule has 0 atom stereocenters. The van der Waals surface area contributed by atoms with Crippen LogP contribution in [-0.2, 0) is 4.79 Å². The first-order valence-corrected chi connectivity index (χ1v) is 7.01. The monoisotopic (exact) mass is 320 g/mol. The summed E-state index contributed by atoms with van der Waals surface area (Å²) in [7, 11) is 0. The number of benzene rings is 1. The highest BCUT2D eigenvalue weighted by Crippen LogP contribution is 2.42. The summed E-state index contributed by atoms with van der Waals surface area (Å²) in [4.78, 5) is 11.8. The fourth-order valence-electron chi connectivity index (χ4n) is 2.71. The van der Waals surface area contributed by atoms with Crippen LogP contribution >= 0.6 is 11.6 Å². The normalized spacial score (nSPS) is 26.4. The molecule has 1 aliphatic carbocycles. The van der Waals surface area contributed by atoms with Gasteiger partial charge in [-0.25, -0.2) is 0 Å². The van der Waals surface area contributed by atoms with Gasteiger partial charge in [0.1, 0.15) is 5.54 Å². The molecule has 1 aromatic rings. The third-order valence-corrected chi connectivity index (χ3v) is 4.22. The van der Waals surface area contributed by atoms with E-state index in [1.54, 1.807) is 24.3 Å². The predicted octanol–water partition coefficient (Wildman–Crippen LogP) is 3.73. The molecule has 7 heteroatoms. The van der Waals surface area contributed by atoms with Crippen LogP contribution in [0.4, 0.5) is 18.9 Å². The van der Waals surface area contributed by atoms with Crippen LogP contribution in [0.25, 0.3) is 0 Å². The van der Waals surface area contributed by atoms with Crippen LogP contribution in [0.15, 0.2) is 24.3 Å². The number of alkyl halides is 3. The van der Waals surface area contributed by atoms with Crippen molar-refractivity contribution in [3.8, 4) is 0 Å². The maximum atomic E-state index is 12.7. The van der Waals surface area contributed by atoms with Crippen LogP contribution < -0.4 is 11.1 Å². The smallest absolute Gasteiger partial charge is 0.371 e. The van der Waals surface area contributed by atoms with Gasteiger partial charge < -0.3 is 11.1 Å². The van der Waals surface area contributed by atoms with Gasteiger partial charge in [0.2, 0.25) is 5.91 Å². The molecule has 1 aromatic carbocycles. The molecule has 3 nitrogen and oxygen atoms in total. The van der Waals surface area contributed by atoms with Crippen LogP contribution in [0.1, 0.15) is 25.7 Å². The Bertz CT molecular complexity index is 525. The lowest BCUT2D eigenvalue weighted by atomic mass is 9.75. The van der Waals surface area contributed by atoms with Gasteiger partial charge in [-0.05, 0) is 43.9 Å². The first kappa shape index (κ1) is 15.9. The van der Waals surface area contributed by atoms with Crippen LogP contribution in [-0.4, -0.2) is 17.6 Å². The van der Waals surface area contributed by atoms with Gasteiger partial charge in [-0.3, -0.25) is 4.79 Å². The van der Waals surface area contributed by atoms with Crippen LogP contribution in [0.5, 0.6) is 0 Å². The van der Waals surface area contributed by atoms with Gasteiger partial charge in [0, 0.05) is 10.7 Å². The molecule has 1 fully saturated rings. The molecule has 3 N–H and O–H groups in total. The van der Waals surface area contributed by atoms with E-state index >= 15 is 0 Å². The molecule has 116 valence electrons. The molecule has 0 bridgehead atoms. The highest BCUT2D eigenvalue weighted by atomic mass is 35.5. The van der Waals surface area contributed by atoms with Gasteiger partial charge in [0.25, 0.3) is 0 Å². The van der Waals surface area contributed by atoms with Crippen molar-refractivity contribution in [3.05, 3.63) is 29.3 Å². The van der Waals surface area contributed by atoms with E-state index in [-0.39, 0.29) is 25.7 Å². The number of carbonyl (C=O) groups excluding carboxylic acids is 1. The molecule has 2 rings (SSSR count). The van der Waals surface area contributed by atoms with Crippen LogP contribution in [0.3, 0.4) is 0 Å². The molecular weight excluding hydrogens is 305 g/mol. The number of nitrogens with two attached hydrogens (primary N) is 1. The van der Waals surface area contributed by atoms with Gasteiger partial charge in [0.15, 0.2) is 0 Å². The van der Waals surface area contributed by atoms with Crippen molar-refractivity contribution in [1.29, 1.82) is 0 Å². The minimum atomic E-state index is -4.22. The molecule has 21 heavy (non-hydrogen) atoms. The average Bonchev–Trinajstić information content (AvgIpc) is 2.38. The van der Waals surface area contributed by atoms with Gasteiger partial charge in [-0.2, -0.15) is 13.2 Å². The zero-order chi connectivity index (χ0) is 15.7. The minimum Gasteiger partial charge on any atom is -0.371 e. The van der Waals surface area contributed by atoms with Gasteiger partial charge in [-0.15, -0.1) is 0 Å². The Balaban J connectivity index is 2.15. The van der Waals surface area contributed by atoms with E-state index in [0.29, 0.717) is 10.7 Å². The number of anilines is 1. The molecule has 0 aliphatic heterocycles. The number of carbonyl (C=O) groups is 1. The molecule has 0 heterocycles. The number of hydrogen-bond acceptors (Lipinski definition) is 2.